The molecule has 1 N–H and O–H groups in total. The second-order valence-corrected chi connectivity index (χ2v) is 5.74. The number of aliphatic carboxylic acids is 1. The monoisotopic (exact) mass is 316 g/mol. The van der Waals surface area contributed by atoms with Crippen molar-refractivity contribution >= 4 is 23.6 Å². The Labute approximate surface area is 135 Å². The van der Waals surface area contributed by atoms with E-state index < -0.39 is 12.1 Å². The van der Waals surface area contributed by atoms with Gasteiger partial charge in [-0.15, -0.1) is 0 Å². The molecule has 0 radical (unpaired) electrons. The molecule has 23 heavy (non-hydrogen) atoms. The summed E-state index contributed by atoms with van der Waals surface area (Å²) >= 11 is 0. The van der Waals surface area contributed by atoms with Gasteiger partial charge in [-0.1, -0.05) is 6.92 Å². The second-order valence-electron chi connectivity index (χ2n) is 5.74. The van der Waals surface area contributed by atoms with Crippen LogP contribution in [0.2, 0.25) is 0 Å². The van der Waals surface area contributed by atoms with Crippen LogP contribution in [0.5, 0.6) is 5.75 Å². The van der Waals surface area contributed by atoms with Crippen molar-refractivity contribution in [1.29, 1.82) is 0 Å². The summed E-state index contributed by atoms with van der Waals surface area (Å²) in [6.07, 6.45) is 1.26. The number of rotatable bonds is 5. The zero-order chi connectivity index (χ0) is 17.3. The lowest BCUT2D eigenvalue weighted by Gasteiger charge is -2.12. The minimum absolute atomic E-state index is 0.170. The Morgan fingerprint density at radius 1 is 1.30 bits per heavy atom. The molecule has 1 unspecified atom stereocenters. The molecule has 5 nitrogen and oxygen atoms in total. The molecular formula is C18H20O5. The van der Waals surface area contributed by atoms with Gasteiger partial charge in [-0.3, -0.25) is 9.59 Å². The first-order valence-corrected chi connectivity index (χ1v) is 7.54. The number of Topliss-reactive ketones (excluding diaryl/α,β-unsaturated/α-hetero) is 2. The van der Waals surface area contributed by atoms with Gasteiger partial charge in [0.15, 0.2) is 17.7 Å². The van der Waals surface area contributed by atoms with Crippen molar-refractivity contribution in [3.05, 3.63) is 33.9 Å². The zero-order valence-corrected chi connectivity index (χ0v) is 13.7. The fraction of sp³-hybridized carbons (Fsp3) is 0.389. The first-order valence-electron chi connectivity index (χ1n) is 7.54. The van der Waals surface area contributed by atoms with E-state index in [4.69, 9.17) is 9.84 Å². The Balaban J connectivity index is 2.53. The van der Waals surface area contributed by atoms with Gasteiger partial charge in [0.2, 0.25) is 0 Å². The molecule has 1 aliphatic heterocycles. The van der Waals surface area contributed by atoms with Crippen molar-refractivity contribution < 1.29 is 24.2 Å². The van der Waals surface area contributed by atoms with Gasteiger partial charge in [-0.25, -0.2) is 4.79 Å². The first kappa shape index (κ1) is 16.9. The minimum Gasteiger partial charge on any atom is -0.478 e. The molecule has 122 valence electrons. The third kappa shape index (κ3) is 3.18. The van der Waals surface area contributed by atoms with Crippen LogP contribution in [-0.2, 0) is 20.8 Å². The number of carbonyl (C=O) groups excluding carboxylic acids is 2. The van der Waals surface area contributed by atoms with Gasteiger partial charge in [0, 0.05) is 12.8 Å². The van der Waals surface area contributed by atoms with E-state index >= 15 is 0 Å². The number of carboxylic acid groups (broad SMARTS) is 1. The number of carbonyl (C=O) groups is 3. The summed E-state index contributed by atoms with van der Waals surface area (Å²) in [5.74, 6) is -0.872. The fourth-order valence-corrected chi connectivity index (χ4v) is 2.70. The molecule has 1 aromatic rings. The van der Waals surface area contributed by atoms with Crippen LogP contribution >= 0.6 is 0 Å². The predicted molar refractivity (Wildman–Crippen MR) is 85.6 cm³/mol. The molecule has 5 heteroatoms. The Hall–Kier alpha value is -2.43. The number of carboxylic acids is 1. The number of hydrogen-bond acceptors (Lipinski definition) is 4. The van der Waals surface area contributed by atoms with Gasteiger partial charge in [0.25, 0.3) is 0 Å². The Bertz CT molecular complexity index is 727. The third-order valence-corrected chi connectivity index (χ3v) is 4.20. The second kappa shape index (κ2) is 6.36. The van der Waals surface area contributed by atoms with Gasteiger partial charge in [0.05, 0.1) is 5.57 Å². The molecule has 1 atom stereocenters. The summed E-state index contributed by atoms with van der Waals surface area (Å²) in [6.45, 7) is 6.81. The maximum atomic E-state index is 11.9. The molecule has 0 fully saturated rings. The van der Waals surface area contributed by atoms with Crippen molar-refractivity contribution in [2.45, 2.75) is 46.6 Å². The molecule has 1 aliphatic rings. The number of allylic oxidation sites excluding steroid dienone is 1. The van der Waals surface area contributed by atoms with E-state index in [1.165, 1.54) is 6.92 Å². The summed E-state index contributed by atoms with van der Waals surface area (Å²) in [5, 5.41) is 9.11. The number of ketones is 2. The van der Waals surface area contributed by atoms with Crippen molar-refractivity contribution in [2.75, 3.05) is 0 Å². The van der Waals surface area contributed by atoms with E-state index in [9.17, 15) is 14.4 Å². The van der Waals surface area contributed by atoms with Crippen LogP contribution in [-0.4, -0.2) is 28.7 Å². The number of hydrogen-bond donors (Lipinski definition) is 1. The Morgan fingerprint density at radius 2 is 1.96 bits per heavy atom. The molecule has 0 bridgehead atoms. The molecule has 0 aromatic heterocycles. The van der Waals surface area contributed by atoms with Crippen LogP contribution in [0, 0.1) is 13.8 Å². The third-order valence-electron chi connectivity index (χ3n) is 4.20. The number of ether oxygens (including phenoxy) is 1. The normalized spacial score (nSPS) is 16.7. The largest absolute Gasteiger partial charge is 0.478 e. The molecule has 0 saturated carbocycles. The van der Waals surface area contributed by atoms with Crippen molar-refractivity contribution in [2.24, 2.45) is 0 Å². The quantitative estimate of drug-likeness (QED) is 0.513. The van der Waals surface area contributed by atoms with Crippen LogP contribution in [0.15, 0.2) is 11.6 Å². The van der Waals surface area contributed by atoms with Gasteiger partial charge in [0.1, 0.15) is 5.75 Å². The molecule has 0 amide bonds. The van der Waals surface area contributed by atoms with Crippen LogP contribution in [0.4, 0.5) is 0 Å². The summed E-state index contributed by atoms with van der Waals surface area (Å²) in [7, 11) is 0. The average Bonchev–Trinajstić information content (AvgIpc) is 2.92. The lowest BCUT2D eigenvalue weighted by Crippen LogP contribution is -2.24. The van der Waals surface area contributed by atoms with E-state index in [2.05, 4.69) is 0 Å². The zero-order valence-electron chi connectivity index (χ0n) is 13.7. The van der Waals surface area contributed by atoms with Gasteiger partial charge < -0.3 is 9.84 Å². The van der Waals surface area contributed by atoms with Gasteiger partial charge >= 0.3 is 5.97 Å². The van der Waals surface area contributed by atoms with Crippen molar-refractivity contribution in [3.63, 3.8) is 0 Å². The number of fused-ring (bicyclic) bond motifs is 1. The molecule has 0 aliphatic carbocycles. The molecule has 0 saturated heterocycles. The first-order chi connectivity index (χ1) is 10.8. The predicted octanol–water partition coefficient (Wildman–Crippen LogP) is 2.64. The molecular weight excluding hydrogens is 296 g/mol. The van der Waals surface area contributed by atoms with E-state index in [-0.39, 0.29) is 30.0 Å². The van der Waals surface area contributed by atoms with Crippen LogP contribution in [0.3, 0.4) is 0 Å². The lowest BCUT2D eigenvalue weighted by atomic mass is 9.94. The SMILES string of the molecule is CCC(=O)C(=Cc1cc2c(c(C)c1C)OC(C(=O)O)C2)C(C)=O. The van der Waals surface area contributed by atoms with Crippen LogP contribution < -0.4 is 4.74 Å². The van der Waals surface area contributed by atoms with Crippen molar-refractivity contribution in [1.82, 2.24) is 0 Å². The summed E-state index contributed by atoms with van der Waals surface area (Å²) in [5.41, 5.74) is 3.42. The molecule has 1 aromatic carbocycles. The van der Waals surface area contributed by atoms with Crippen LogP contribution in [0.1, 0.15) is 42.5 Å². The highest BCUT2D eigenvalue weighted by Crippen LogP contribution is 2.36. The summed E-state index contributed by atoms with van der Waals surface area (Å²) in [6, 6.07) is 1.81. The highest BCUT2D eigenvalue weighted by Gasteiger charge is 2.31. The molecule has 0 spiro atoms. The molecule has 1 heterocycles. The average molecular weight is 316 g/mol. The van der Waals surface area contributed by atoms with E-state index in [1.54, 1.807) is 13.0 Å². The highest BCUT2D eigenvalue weighted by molar-refractivity contribution is 6.22. The number of benzene rings is 1. The smallest absolute Gasteiger partial charge is 0.345 e. The van der Waals surface area contributed by atoms with Gasteiger partial charge in [-0.05, 0) is 55.2 Å². The highest BCUT2D eigenvalue weighted by atomic mass is 16.5. The molecule has 2 rings (SSSR count). The van der Waals surface area contributed by atoms with E-state index in [0.717, 1.165) is 22.3 Å². The van der Waals surface area contributed by atoms with E-state index in [1.807, 2.05) is 19.9 Å². The Morgan fingerprint density at radius 3 is 2.48 bits per heavy atom. The van der Waals surface area contributed by atoms with Gasteiger partial charge in [-0.2, -0.15) is 0 Å². The maximum Gasteiger partial charge on any atom is 0.345 e. The van der Waals surface area contributed by atoms with Crippen molar-refractivity contribution in [3.8, 4) is 5.75 Å². The standard InChI is InChI=1S/C18H20O5/c1-5-15(20)14(11(4)19)7-12-6-13-8-16(18(21)22)23-17(13)10(3)9(12)2/h6-7,16H,5,8H2,1-4H3,(H,21,22). The summed E-state index contributed by atoms with van der Waals surface area (Å²) in [4.78, 5) is 34.8. The maximum absolute atomic E-state index is 11.9. The Kier molecular flexibility index (Phi) is 4.68. The fourth-order valence-electron chi connectivity index (χ4n) is 2.70. The van der Waals surface area contributed by atoms with E-state index in [0.29, 0.717) is 5.75 Å². The topological polar surface area (TPSA) is 80.7 Å². The van der Waals surface area contributed by atoms with Crippen LogP contribution in [0.25, 0.3) is 6.08 Å². The lowest BCUT2D eigenvalue weighted by molar-refractivity contribution is -0.144. The summed E-state index contributed by atoms with van der Waals surface area (Å²) < 4.78 is 5.50. The minimum atomic E-state index is -0.999.